The molecule has 0 aromatic heterocycles. The van der Waals surface area contributed by atoms with Gasteiger partial charge < -0.3 is 10.1 Å². The molecule has 0 aliphatic carbocycles. The Bertz CT molecular complexity index is 569. The van der Waals surface area contributed by atoms with Crippen LogP contribution in [0.3, 0.4) is 0 Å². The van der Waals surface area contributed by atoms with Gasteiger partial charge in [0.05, 0.1) is 12.6 Å². The second-order valence-corrected chi connectivity index (χ2v) is 4.49. The van der Waals surface area contributed by atoms with E-state index in [0.717, 1.165) is 23.6 Å². The van der Waals surface area contributed by atoms with E-state index in [2.05, 4.69) is 5.32 Å². The van der Waals surface area contributed by atoms with Gasteiger partial charge in [-0.25, -0.2) is 8.78 Å². The number of hydrogen-bond donors (Lipinski definition) is 1. The molecule has 0 aliphatic heterocycles. The van der Waals surface area contributed by atoms with Crippen LogP contribution in [0.15, 0.2) is 42.5 Å². The van der Waals surface area contributed by atoms with Crippen molar-refractivity contribution in [3.63, 3.8) is 0 Å². The van der Waals surface area contributed by atoms with E-state index in [4.69, 9.17) is 4.74 Å². The van der Waals surface area contributed by atoms with E-state index in [1.54, 1.807) is 6.92 Å². The molecule has 0 aliphatic rings. The minimum Gasteiger partial charge on any atom is -0.494 e. The van der Waals surface area contributed by atoms with Gasteiger partial charge in [0.15, 0.2) is 0 Å². The van der Waals surface area contributed by atoms with Crippen LogP contribution >= 0.6 is 0 Å². The van der Waals surface area contributed by atoms with Crippen LogP contribution < -0.4 is 10.1 Å². The number of anilines is 1. The topological polar surface area (TPSA) is 21.3 Å². The highest BCUT2D eigenvalue weighted by atomic mass is 19.1. The minimum atomic E-state index is -0.443. The summed E-state index contributed by atoms with van der Waals surface area (Å²) in [6.45, 7) is 4.31. The Labute approximate surface area is 117 Å². The molecule has 4 heteroatoms. The number of benzene rings is 2. The lowest BCUT2D eigenvalue weighted by Crippen LogP contribution is -2.09. The molecule has 0 amide bonds. The molecule has 106 valence electrons. The predicted octanol–water partition coefficient (Wildman–Crippen LogP) is 4.54. The van der Waals surface area contributed by atoms with Crippen LogP contribution in [0.2, 0.25) is 0 Å². The smallest absolute Gasteiger partial charge is 0.128 e. The van der Waals surface area contributed by atoms with E-state index >= 15 is 0 Å². The molecule has 1 atom stereocenters. The van der Waals surface area contributed by atoms with Gasteiger partial charge in [0, 0.05) is 11.3 Å². The number of ether oxygens (including phenoxy) is 1. The van der Waals surface area contributed by atoms with E-state index in [-0.39, 0.29) is 6.04 Å². The Kier molecular flexibility index (Phi) is 4.56. The molecule has 0 fully saturated rings. The van der Waals surface area contributed by atoms with Crippen LogP contribution in [-0.2, 0) is 0 Å². The van der Waals surface area contributed by atoms with Gasteiger partial charge in [-0.15, -0.1) is 0 Å². The molecule has 0 saturated heterocycles. The zero-order valence-corrected chi connectivity index (χ0v) is 11.5. The van der Waals surface area contributed by atoms with Crippen molar-refractivity contribution in [1.82, 2.24) is 0 Å². The summed E-state index contributed by atoms with van der Waals surface area (Å²) in [5.74, 6) is -0.0817. The average Bonchev–Trinajstić information content (AvgIpc) is 2.44. The molecule has 2 rings (SSSR count). The van der Waals surface area contributed by atoms with Crippen molar-refractivity contribution in [2.45, 2.75) is 19.9 Å². The highest BCUT2D eigenvalue weighted by Crippen LogP contribution is 2.24. The maximum absolute atomic E-state index is 13.7. The fraction of sp³-hybridized carbons (Fsp3) is 0.250. The number of nitrogens with one attached hydrogen (secondary N) is 1. The fourth-order valence-electron chi connectivity index (χ4n) is 1.99. The molecular formula is C16H17F2NO. The molecule has 0 bridgehead atoms. The molecule has 0 saturated carbocycles. The van der Waals surface area contributed by atoms with Crippen LogP contribution in [0.25, 0.3) is 0 Å². The highest BCUT2D eigenvalue weighted by Gasteiger charge is 2.11. The first-order valence-corrected chi connectivity index (χ1v) is 6.54. The molecule has 2 nitrogen and oxygen atoms in total. The second kappa shape index (κ2) is 6.37. The predicted molar refractivity (Wildman–Crippen MR) is 76.0 cm³/mol. The van der Waals surface area contributed by atoms with Crippen molar-refractivity contribution in [3.8, 4) is 5.75 Å². The molecule has 2 aromatic carbocycles. The molecule has 2 aromatic rings. The minimum absolute atomic E-state index is 0.305. The van der Waals surface area contributed by atoms with Gasteiger partial charge in [0.2, 0.25) is 0 Å². The van der Waals surface area contributed by atoms with E-state index in [0.29, 0.717) is 12.2 Å². The Morgan fingerprint density at radius 1 is 1.10 bits per heavy atom. The zero-order chi connectivity index (χ0) is 14.5. The summed E-state index contributed by atoms with van der Waals surface area (Å²) in [5, 5.41) is 3.13. The Balaban J connectivity index is 2.10. The maximum atomic E-state index is 13.7. The third kappa shape index (κ3) is 3.47. The monoisotopic (exact) mass is 277 g/mol. The van der Waals surface area contributed by atoms with Gasteiger partial charge >= 0.3 is 0 Å². The number of rotatable bonds is 5. The van der Waals surface area contributed by atoms with Gasteiger partial charge in [-0.1, -0.05) is 0 Å². The summed E-state index contributed by atoms with van der Waals surface area (Å²) in [6, 6.07) is 10.5. The molecule has 20 heavy (non-hydrogen) atoms. The molecular weight excluding hydrogens is 260 g/mol. The van der Waals surface area contributed by atoms with Crippen molar-refractivity contribution >= 4 is 5.69 Å². The summed E-state index contributed by atoms with van der Waals surface area (Å²) < 4.78 is 32.2. The maximum Gasteiger partial charge on any atom is 0.128 e. The van der Waals surface area contributed by atoms with Gasteiger partial charge in [-0.05, 0) is 56.3 Å². The third-order valence-corrected chi connectivity index (χ3v) is 2.97. The summed E-state index contributed by atoms with van der Waals surface area (Å²) >= 11 is 0. The largest absolute Gasteiger partial charge is 0.494 e. The van der Waals surface area contributed by atoms with Gasteiger partial charge in [-0.3, -0.25) is 0 Å². The van der Waals surface area contributed by atoms with E-state index in [9.17, 15) is 8.78 Å². The van der Waals surface area contributed by atoms with Gasteiger partial charge in [-0.2, -0.15) is 0 Å². The Morgan fingerprint density at radius 3 is 2.45 bits per heavy atom. The summed E-state index contributed by atoms with van der Waals surface area (Å²) in [6.07, 6.45) is 0. The van der Waals surface area contributed by atoms with Crippen LogP contribution in [0.1, 0.15) is 25.5 Å². The van der Waals surface area contributed by atoms with Crippen LogP contribution in [0.4, 0.5) is 14.5 Å². The molecule has 0 spiro atoms. The van der Waals surface area contributed by atoms with Crippen LogP contribution in [0.5, 0.6) is 5.75 Å². The average molecular weight is 277 g/mol. The lowest BCUT2D eigenvalue weighted by atomic mass is 10.1. The highest BCUT2D eigenvalue weighted by molar-refractivity contribution is 5.48. The van der Waals surface area contributed by atoms with Crippen molar-refractivity contribution in [2.75, 3.05) is 11.9 Å². The van der Waals surface area contributed by atoms with Gasteiger partial charge in [0.1, 0.15) is 17.4 Å². The zero-order valence-electron chi connectivity index (χ0n) is 11.5. The van der Waals surface area contributed by atoms with Crippen LogP contribution in [-0.4, -0.2) is 6.61 Å². The van der Waals surface area contributed by atoms with E-state index in [1.807, 2.05) is 31.2 Å². The first-order valence-electron chi connectivity index (χ1n) is 6.54. The van der Waals surface area contributed by atoms with Crippen molar-refractivity contribution in [2.24, 2.45) is 0 Å². The quantitative estimate of drug-likeness (QED) is 0.866. The normalized spacial score (nSPS) is 12.0. The molecule has 0 heterocycles. The summed E-state index contributed by atoms with van der Waals surface area (Å²) in [4.78, 5) is 0. The third-order valence-electron chi connectivity index (χ3n) is 2.97. The Hall–Kier alpha value is -2.10. The van der Waals surface area contributed by atoms with Crippen molar-refractivity contribution in [1.29, 1.82) is 0 Å². The second-order valence-electron chi connectivity index (χ2n) is 4.49. The van der Waals surface area contributed by atoms with E-state index < -0.39 is 11.6 Å². The van der Waals surface area contributed by atoms with Crippen molar-refractivity contribution in [3.05, 3.63) is 59.7 Å². The number of hydrogen-bond acceptors (Lipinski definition) is 2. The van der Waals surface area contributed by atoms with Gasteiger partial charge in [0.25, 0.3) is 0 Å². The number of halogens is 2. The standard InChI is InChI=1S/C16H17F2NO/c1-3-20-14-7-5-13(6-8-14)19-11(2)15-10-12(17)4-9-16(15)18/h4-11,19H,3H2,1-2H3. The molecule has 1 N–H and O–H groups in total. The lowest BCUT2D eigenvalue weighted by molar-refractivity contribution is 0.340. The Morgan fingerprint density at radius 2 is 1.80 bits per heavy atom. The van der Waals surface area contributed by atoms with Crippen LogP contribution in [0, 0.1) is 11.6 Å². The summed E-state index contributed by atoms with van der Waals surface area (Å²) in [7, 11) is 0. The molecule has 1 unspecified atom stereocenters. The summed E-state index contributed by atoms with van der Waals surface area (Å²) in [5.41, 5.74) is 1.13. The molecule has 0 radical (unpaired) electrons. The SMILES string of the molecule is CCOc1ccc(NC(C)c2cc(F)ccc2F)cc1. The first-order chi connectivity index (χ1) is 9.60. The first kappa shape index (κ1) is 14.3. The van der Waals surface area contributed by atoms with Crippen molar-refractivity contribution < 1.29 is 13.5 Å². The van der Waals surface area contributed by atoms with E-state index in [1.165, 1.54) is 6.07 Å². The fourth-order valence-corrected chi connectivity index (χ4v) is 1.99. The lowest BCUT2D eigenvalue weighted by Gasteiger charge is -2.17.